The van der Waals surface area contributed by atoms with E-state index >= 15 is 0 Å². The van der Waals surface area contributed by atoms with Gasteiger partial charge in [-0.3, -0.25) is 4.79 Å². The molecule has 3 aromatic rings. The van der Waals surface area contributed by atoms with Gasteiger partial charge >= 0.3 is 5.97 Å². The molecule has 0 aliphatic rings. The molecule has 0 radical (unpaired) electrons. The minimum absolute atomic E-state index is 0.273. The second-order valence-electron chi connectivity index (χ2n) is 7.47. The molecule has 0 spiro atoms. The fourth-order valence-electron chi connectivity index (χ4n) is 3.56. The normalized spacial score (nSPS) is 10.9. The molecule has 1 amide bonds. The van der Waals surface area contributed by atoms with Crippen LogP contribution in [0.15, 0.2) is 66.7 Å². The predicted molar refractivity (Wildman–Crippen MR) is 116 cm³/mol. The van der Waals surface area contributed by atoms with Gasteiger partial charge in [-0.1, -0.05) is 68.4 Å². The quantitative estimate of drug-likeness (QED) is 0.580. The predicted octanol–water partition coefficient (Wildman–Crippen LogP) is 5.26. The van der Waals surface area contributed by atoms with E-state index in [1.807, 2.05) is 30.3 Å². The molecule has 148 valence electrons. The maximum Gasteiger partial charge on any atom is 0.335 e. The van der Waals surface area contributed by atoms with Crippen molar-refractivity contribution in [2.24, 2.45) is 5.73 Å². The molecule has 4 nitrogen and oxygen atoms in total. The van der Waals surface area contributed by atoms with Crippen molar-refractivity contribution >= 4 is 11.9 Å². The van der Waals surface area contributed by atoms with Crippen molar-refractivity contribution < 1.29 is 14.7 Å². The van der Waals surface area contributed by atoms with Crippen LogP contribution in [0.3, 0.4) is 0 Å². The number of amides is 1. The largest absolute Gasteiger partial charge is 0.478 e. The Bertz CT molecular complexity index is 1050. The van der Waals surface area contributed by atoms with Crippen LogP contribution in [0.25, 0.3) is 22.3 Å². The van der Waals surface area contributed by atoms with E-state index in [-0.39, 0.29) is 17.4 Å². The first-order valence-electron chi connectivity index (χ1n) is 9.71. The summed E-state index contributed by atoms with van der Waals surface area (Å²) in [6, 6.07) is 21.3. The molecule has 0 unspecified atom stereocenters. The molecule has 0 aliphatic heterocycles. The number of carboxylic acids is 1. The zero-order valence-corrected chi connectivity index (χ0v) is 16.7. The SMILES string of the molecule is CC(C)c1cc(-c2cccc(C(=O)O)c2)ccc1-c1ccccc1CCC(N)=O. The lowest BCUT2D eigenvalue weighted by Crippen LogP contribution is -2.11. The van der Waals surface area contributed by atoms with E-state index < -0.39 is 5.97 Å². The van der Waals surface area contributed by atoms with Gasteiger partial charge in [0, 0.05) is 6.42 Å². The van der Waals surface area contributed by atoms with Crippen molar-refractivity contribution in [3.8, 4) is 22.3 Å². The Morgan fingerprint density at radius 3 is 2.31 bits per heavy atom. The van der Waals surface area contributed by atoms with Crippen molar-refractivity contribution in [2.75, 3.05) is 0 Å². The molecular weight excluding hydrogens is 362 g/mol. The van der Waals surface area contributed by atoms with Gasteiger partial charge in [0.1, 0.15) is 0 Å². The summed E-state index contributed by atoms with van der Waals surface area (Å²) < 4.78 is 0. The molecule has 0 atom stereocenters. The van der Waals surface area contributed by atoms with Crippen molar-refractivity contribution in [3.63, 3.8) is 0 Å². The van der Waals surface area contributed by atoms with Gasteiger partial charge in [0.15, 0.2) is 0 Å². The number of carboxylic acid groups (broad SMARTS) is 1. The molecule has 0 aliphatic carbocycles. The summed E-state index contributed by atoms with van der Waals surface area (Å²) >= 11 is 0. The minimum Gasteiger partial charge on any atom is -0.478 e. The highest BCUT2D eigenvalue weighted by Crippen LogP contribution is 2.35. The molecule has 0 aromatic heterocycles. The number of hydrogen-bond acceptors (Lipinski definition) is 2. The topological polar surface area (TPSA) is 80.4 Å². The number of aromatic carboxylic acids is 1. The Morgan fingerprint density at radius 1 is 0.897 bits per heavy atom. The smallest absolute Gasteiger partial charge is 0.335 e. The Balaban J connectivity index is 2.08. The summed E-state index contributed by atoms with van der Waals surface area (Å²) in [5.41, 5.74) is 12.0. The standard InChI is InChI=1S/C25H25NO3/c1-16(2)23-15-19(18-7-5-8-20(14-18)25(28)29)10-12-22(23)21-9-4-3-6-17(21)11-13-24(26)27/h3-10,12,14-16H,11,13H2,1-2H3,(H2,26,27)(H,28,29). The van der Waals surface area contributed by atoms with E-state index in [2.05, 4.69) is 32.0 Å². The third-order valence-electron chi connectivity index (χ3n) is 5.06. The third kappa shape index (κ3) is 4.72. The number of aryl methyl sites for hydroxylation is 1. The van der Waals surface area contributed by atoms with Crippen LogP contribution < -0.4 is 5.73 Å². The molecule has 0 bridgehead atoms. The molecule has 3 aromatic carbocycles. The van der Waals surface area contributed by atoms with Crippen molar-refractivity contribution in [3.05, 3.63) is 83.4 Å². The number of carbonyl (C=O) groups is 2. The summed E-state index contributed by atoms with van der Waals surface area (Å²) in [6.07, 6.45) is 0.916. The Labute approximate surface area is 171 Å². The number of hydrogen-bond donors (Lipinski definition) is 2. The Morgan fingerprint density at radius 2 is 1.62 bits per heavy atom. The average Bonchev–Trinajstić information content (AvgIpc) is 2.72. The minimum atomic E-state index is -0.934. The lowest BCUT2D eigenvalue weighted by molar-refractivity contribution is -0.117. The van der Waals surface area contributed by atoms with Crippen LogP contribution in [0, 0.1) is 0 Å². The van der Waals surface area contributed by atoms with Gasteiger partial charge < -0.3 is 10.8 Å². The van der Waals surface area contributed by atoms with Crippen LogP contribution in [-0.4, -0.2) is 17.0 Å². The first-order chi connectivity index (χ1) is 13.9. The first kappa shape index (κ1) is 20.3. The summed E-state index contributed by atoms with van der Waals surface area (Å²) in [5, 5.41) is 9.28. The zero-order valence-electron chi connectivity index (χ0n) is 16.7. The van der Waals surface area contributed by atoms with Gasteiger partial charge in [-0.15, -0.1) is 0 Å². The fourth-order valence-corrected chi connectivity index (χ4v) is 3.56. The van der Waals surface area contributed by atoms with Crippen molar-refractivity contribution in [1.29, 1.82) is 0 Å². The summed E-state index contributed by atoms with van der Waals surface area (Å²) in [5.74, 6) is -0.967. The molecule has 3 N–H and O–H groups in total. The number of carbonyl (C=O) groups excluding carboxylic acids is 1. The van der Waals surface area contributed by atoms with Crippen molar-refractivity contribution in [1.82, 2.24) is 0 Å². The van der Waals surface area contributed by atoms with Gasteiger partial charge in [0.05, 0.1) is 5.56 Å². The van der Waals surface area contributed by atoms with Crippen LogP contribution in [-0.2, 0) is 11.2 Å². The van der Waals surface area contributed by atoms with Gasteiger partial charge in [0.2, 0.25) is 5.91 Å². The molecule has 4 heteroatoms. The summed E-state index contributed by atoms with van der Waals surface area (Å²) in [7, 11) is 0. The molecular formula is C25H25NO3. The molecule has 0 fully saturated rings. The van der Waals surface area contributed by atoms with E-state index in [1.165, 1.54) is 5.56 Å². The van der Waals surface area contributed by atoms with E-state index in [4.69, 9.17) is 5.73 Å². The molecule has 0 heterocycles. The highest BCUT2D eigenvalue weighted by Gasteiger charge is 2.14. The van der Waals surface area contributed by atoms with Gasteiger partial charge in [-0.2, -0.15) is 0 Å². The van der Waals surface area contributed by atoms with Gasteiger partial charge in [0.25, 0.3) is 0 Å². The van der Waals surface area contributed by atoms with Crippen molar-refractivity contribution in [2.45, 2.75) is 32.6 Å². The second-order valence-corrected chi connectivity index (χ2v) is 7.47. The fraction of sp³-hybridized carbons (Fsp3) is 0.200. The highest BCUT2D eigenvalue weighted by molar-refractivity contribution is 5.89. The van der Waals surface area contributed by atoms with Gasteiger partial charge in [-0.25, -0.2) is 4.79 Å². The summed E-state index contributed by atoms with van der Waals surface area (Å²) in [6.45, 7) is 4.28. The van der Waals surface area contributed by atoms with Crippen LogP contribution >= 0.6 is 0 Å². The van der Waals surface area contributed by atoms with Crippen LogP contribution in [0.4, 0.5) is 0 Å². The Hall–Kier alpha value is -3.40. The number of nitrogens with two attached hydrogens (primary N) is 1. The maximum atomic E-state index is 11.3. The Kier molecular flexibility index (Phi) is 6.13. The van der Waals surface area contributed by atoms with E-state index in [0.29, 0.717) is 12.8 Å². The monoisotopic (exact) mass is 387 g/mol. The second kappa shape index (κ2) is 8.74. The summed E-state index contributed by atoms with van der Waals surface area (Å²) in [4.78, 5) is 22.6. The average molecular weight is 387 g/mol. The number of primary amides is 1. The highest BCUT2D eigenvalue weighted by atomic mass is 16.4. The molecule has 0 saturated heterocycles. The van der Waals surface area contributed by atoms with E-state index in [0.717, 1.165) is 27.8 Å². The van der Waals surface area contributed by atoms with E-state index in [9.17, 15) is 14.7 Å². The van der Waals surface area contributed by atoms with Crippen LogP contribution in [0.5, 0.6) is 0 Å². The molecule has 3 rings (SSSR count). The maximum absolute atomic E-state index is 11.3. The number of benzene rings is 3. The lowest BCUT2D eigenvalue weighted by atomic mass is 9.86. The van der Waals surface area contributed by atoms with Gasteiger partial charge in [-0.05, 0) is 57.9 Å². The molecule has 0 saturated carbocycles. The third-order valence-corrected chi connectivity index (χ3v) is 5.06. The number of rotatable bonds is 7. The lowest BCUT2D eigenvalue weighted by Gasteiger charge is -2.18. The van der Waals surface area contributed by atoms with E-state index in [1.54, 1.807) is 18.2 Å². The zero-order chi connectivity index (χ0) is 21.0. The molecule has 29 heavy (non-hydrogen) atoms. The van der Waals surface area contributed by atoms with Crippen LogP contribution in [0.2, 0.25) is 0 Å². The van der Waals surface area contributed by atoms with Crippen LogP contribution in [0.1, 0.15) is 47.7 Å². The first-order valence-corrected chi connectivity index (χ1v) is 9.71.